The lowest BCUT2D eigenvalue weighted by Crippen LogP contribution is -2.15. The van der Waals surface area contributed by atoms with Crippen LogP contribution in [0.1, 0.15) is 30.9 Å². The molecule has 0 aliphatic carbocycles. The molecule has 0 atom stereocenters. The highest BCUT2D eigenvalue weighted by molar-refractivity contribution is 7.91. The molecule has 27 heavy (non-hydrogen) atoms. The Balaban J connectivity index is 1.69. The highest BCUT2D eigenvalue weighted by atomic mass is 32.2. The van der Waals surface area contributed by atoms with Gasteiger partial charge >= 0.3 is 0 Å². The van der Waals surface area contributed by atoms with E-state index in [2.05, 4.69) is 18.6 Å². The molecule has 0 aliphatic rings. The summed E-state index contributed by atoms with van der Waals surface area (Å²) in [6, 6.07) is 23.9. The van der Waals surface area contributed by atoms with Crippen LogP contribution in [0.2, 0.25) is 0 Å². The van der Waals surface area contributed by atoms with Gasteiger partial charge in [-0.25, -0.2) is 8.42 Å². The zero-order chi connectivity index (χ0) is 19.3. The van der Waals surface area contributed by atoms with E-state index in [-0.39, 0.29) is 5.75 Å². The van der Waals surface area contributed by atoms with Gasteiger partial charge in [-0.05, 0) is 41.3 Å². The Kier molecular flexibility index (Phi) is 5.81. The number of ether oxygens (including phenoxy) is 1. The van der Waals surface area contributed by atoms with Gasteiger partial charge in [-0.1, -0.05) is 62.4 Å². The van der Waals surface area contributed by atoms with Crippen LogP contribution in [0.15, 0.2) is 78.9 Å². The van der Waals surface area contributed by atoms with Crippen molar-refractivity contribution in [1.29, 1.82) is 0 Å². The summed E-state index contributed by atoms with van der Waals surface area (Å²) in [6.07, 6.45) is 0. The summed E-state index contributed by atoms with van der Waals surface area (Å²) >= 11 is 0. The van der Waals surface area contributed by atoms with Crippen molar-refractivity contribution in [2.45, 2.75) is 25.5 Å². The van der Waals surface area contributed by atoms with E-state index in [1.54, 1.807) is 36.4 Å². The molecule has 0 saturated carbocycles. The third-order valence-corrected chi connectivity index (χ3v) is 5.35. The lowest BCUT2D eigenvalue weighted by molar-refractivity contribution is 0.482. The van der Waals surface area contributed by atoms with E-state index in [1.807, 2.05) is 42.5 Å². The minimum absolute atomic E-state index is 0.0738. The minimum atomic E-state index is -3.50. The van der Waals surface area contributed by atoms with Gasteiger partial charge < -0.3 is 4.74 Å². The molecular weight excluding hydrogens is 358 g/mol. The molecular formula is C22H23NO3S. The lowest BCUT2D eigenvalue weighted by Gasteiger charge is -2.11. The summed E-state index contributed by atoms with van der Waals surface area (Å²) < 4.78 is 33.2. The van der Waals surface area contributed by atoms with Crippen LogP contribution in [-0.4, -0.2) is 8.42 Å². The van der Waals surface area contributed by atoms with E-state index >= 15 is 0 Å². The van der Waals surface area contributed by atoms with Crippen LogP contribution in [0.25, 0.3) is 0 Å². The highest BCUT2D eigenvalue weighted by Gasteiger charge is 2.12. The lowest BCUT2D eigenvalue weighted by atomic mass is 10.0. The van der Waals surface area contributed by atoms with Crippen molar-refractivity contribution >= 4 is 15.7 Å². The molecule has 0 bridgehead atoms. The fourth-order valence-corrected chi connectivity index (χ4v) is 3.88. The molecule has 0 radical (unpaired) electrons. The minimum Gasteiger partial charge on any atom is -0.457 e. The van der Waals surface area contributed by atoms with Gasteiger partial charge in [0.25, 0.3) is 0 Å². The van der Waals surface area contributed by atoms with E-state index in [4.69, 9.17) is 4.74 Å². The van der Waals surface area contributed by atoms with Crippen molar-refractivity contribution in [2.75, 3.05) is 4.72 Å². The fraction of sp³-hybridized carbons (Fsp3) is 0.182. The standard InChI is InChI=1S/C22H23NO3S/c1-17(2)19-11-13-21(14-12-19)26-22-10-6-9-20(15-22)23-27(24,25)16-18-7-4-3-5-8-18/h3-15,17,23H,16H2,1-2H3. The van der Waals surface area contributed by atoms with E-state index in [1.165, 1.54) is 5.56 Å². The average molecular weight is 381 g/mol. The number of benzene rings is 3. The summed E-state index contributed by atoms with van der Waals surface area (Å²) in [6.45, 7) is 4.28. The molecule has 3 aromatic carbocycles. The van der Waals surface area contributed by atoms with Crippen molar-refractivity contribution in [3.63, 3.8) is 0 Å². The van der Waals surface area contributed by atoms with Gasteiger partial charge in [0.2, 0.25) is 10.0 Å². The Morgan fingerprint density at radius 1 is 0.852 bits per heavy atom. The van der Waals surface area contributed by atoms with E-state index in [0.29, 0.717) is 23.1 Å². The number of rotatable bonds is 7. The summed E-state index contributed by atoms with van der Waals surface area (Å²) in [7, 11) is -3.50. The molecule has 0 saturated heterocycles. The summed E-state index contributed by atoms with van der Waals surface area (Å²) in [5.74, 6) is 1.67. The van der Waals surface area contributed by atoms with Gasteiger partial charge in [0, 0.05) is 6.07 Å². The molecule has 0 amide bonds. The number of hydrogen-bond acceptors (Lipinski definition) is 3. The molecule has 140 valence electrons. The van der Waals surface area contributed by atoms with Crippen LogP contribution in [-0.2, 0) is 15.8 Å². The molecule has 0 heterocycles. The smallest absolute Gasteiger partial charge is 0.236 e. The second-order valence-corrected chi connectivity index (χ2v) is 8.42. The Hall–Kier alpha value is -2.79. The van der Waals surface area contributed by atoms with Gasteiger partial charge in [-0.3, -0.25) is 4.72 Å². The molecule has 0 aliphatic heterocycles. The first kappa shape index (κ1) is 19.0. The number of nitrogens with one attached hydrogen (secondary N) is 1. The maximum Gasteiger partial charge on any atom is 0.236 e. The largest absolute Gasteiger partial charge is 0.457 e. The molecule has 1 N–H and O–H groups in total. The normalized spacial score (nSPS) is 11.4. The first-order chi connectivity index (χ1) is 12.9. The summed E-state index contributed by atoms with van der Waals surface area (Å²) in [5, 5.41) is 0. The van der Waals surface area contributed by atoms with Gasteiger partial charge in [0.05, 0.1) is 11.4 Å². The van der Waals surface area contributed by atoms with Crippen LogP contribution in [0.4, 0.5) is 5.69 Å². The Labute approximate surface area is 160 Å². The molecule has 0 fully saturated rings. The van der Waals surface area contributed by atoms with Crippen LogP contribution in [0, 0.1) is 0 Å². The Bertz CT molecular complexity index is 982. The second-order valence-electron chi connectivity index (χ2n) is 6.70. The van der Waals surface area contributed by atoms with Gasteiger partial charge in [-0.2, -0.15) is 0 Å². The zero-order valence-corrected chi connectivity index (χ0v) is 16.2. The SMILES string of the molecule is CC(C)c1ccc(Oc2cccc(NS(=O)(=O)Cc3ccccc3)c2)cc1. The second kappa shape index (κ2) is 8.27. The number of anilines is 1. The topological polar surface area (TPSA) is 55.4 Å². The Morgan fingerprint density at radius 3 is 2.22 bits per heavy atom. The molecule has 0 unspecified atom stereocenters. The third kappa shape index (κ3) is 5.59. The van der Waals surface area contributed by atoms with Crippen molar-refractivity contribution < 1.29 is 13.2 Å². The van der Waals surface area contributed by atoms with Crippen molar-refractivity contribution in [1.82, 2.24) is 0 Å². The highest BCUT2D eigenvalue weighted by Crippen LogP contribution is 2.26. The van der Waals surface area contributed by atoms with Crippen LogP contribution >= 0.6 is 0 Å². The predicted molar refractivity (Wildman–Crippen MR) is 110 cm³/mol. The Morgan fingerprint density at radius 2 is 1.56 bits per heavy atom. The third-order valence-electron chi connectivity index (χ3n) is 4.09. The predicted octanol–water partition coefficient (Wildman–Crippen LogP) is 5.54. The molecule has 3 rings (SSSR count). The summed E-state index contributed by atoms with van der Waals surface area (Å²) in [5.41, 5.74) is 2.45. The van der Waals surface area contributed by atoms with E-state index in [9.17, 15) is 8.42 Å². The first-order valence-electron chi connectivity index (χ1n) is 8.83. The van der Waals surface area contributed by atoms with Gasteiger partial charge in [0.15, 0.2) is 0 Å². The first-order valence-corrected chi connectivity index (χ1v) is 10.5. The number of sulfonamides is 1. The van der Waals surface area contributed by atoms with Gasteiger partial charge in [-0.15, -0.1) is 0 Å². The quantitative estimate of drug-likeness (QED) is 0.584. The zero-order valence-electron chi connectivity index (χ0n) is 15.4. The van der Waals surface area contributed by atoms with Crippen molar-refractivity contribution in [3.05, 3.63) is 90.0 Å². The van der Waals surface area contributed by atoms with E-state index in [0.717, 1.165) is 5.56 Å². The maximum absolute atomic E-state index is 12.4. The van der Waals surface area contributed by atoms with Crippen LogP contribution in [0.5, 0.6) is 11.5 Å². The van der Waals surface area contributed by atoms with Crippen molar-refractivity contribution in [3.8, 4) is 11.5 Å². The average Bonchev–Trinajstić information content (AvgIpc) is 2.62. The molecule has 3 aromatic rings. The van der Waals surface area contributed by atoms with Crippen LogP contribution < -0.4 is 9.46 Å². The van der Waals surface area contributed by atoms with Crippen molar-refractivity contribution in [2.24, 2.45) is 0 Å². The molecule has 0 aromatic heterocycles. The monoisotopic (exact) mass is 381 g/mol. The molecule has 0 spiro atoms. The summed E-state index contributed by atoms with van der Waals surface area (Å²) in [4.78, 5) is 0. The number of hydrogen-bond donors (Lipinski definition) is 1. The van der Waals surface area contributed by atoms with Crippen LogP contribution in [0.3, 0.4) is 0 Å². The molecule has 5 heteroatoms. The van der Waals surface area contributed by atoms with Gasteiger partial charge in [0.1, 0.15) is 11.5 Å². The maximum atomic E-state index is 12.4. The molecule has 4 nitrogen and oxygen atoms in total. The van der Waals surface area contributed by atoms with E-state index < -0.39 is 10.0 Å². The fourth-order valence-electron chi connectivity index (χ4n) is 2.69.